The molecule has 0 spiro atoms. The number of rotatable bonds is 5. The molecule has 0 bridgehead atoms. The van der Waals surface area contributed by atoms with Crippen molar-refractivity contribution in [1.82, 2.24) is 25.5 Å². The first-order valence-electron chi connectivity index (χ1n) is 9.01. The molecule has 1 aliphatic rings. The van der Waals surface area contributed by atoms with Crippen molar-refractivity contribution in [3.05, 3.63) is 65.5 Å². The molecule has 0 unspecified atom stereocenters. The van der Waals surface area contributed by atoms with E-state index in [9.17, 15) is 4.79 Å². The molecule has 3 N–H and O–H groups in total. The largest absolute Gasteiger partial charge is 0.348 e. The molecule has 1 saturated heterocycles. The number of amides is 1. The van der Waals surface area contributed by atoms with Crippen molar-refractivity contribution in [2.24, 2.45) is 0 Å². The van der Waals surface area contributed by atoms with Crippen LogP contribution in [0.15, 0.2) is 48.8 Å². The normalized spacial score (nSPS) is 15.2. The quantitative estimate of drug-likeness (QED) is 0.658. The van der Waals surface area contributed by atoms with Gasteiger partial charge in [-0.1, -0.05) is 30.3 Å². The number of para-hydroxylation sites is 1. The molecule has 1 fully saturated rings. The topological polar surface area (TPSA) is 73.1 Å². The van der Waals surface area contributed by atoms with Crippen LogP contribution in [-0.2, 0) is 13.1 Å². The van der Waals surface area contributed by atoms with E-state index in [1.807, 2.05) is 12.1 Å². The number of hydrogen-bond acceptors (Lipinski definition) is 4. The summed E-state index contributed by atoms with van der Waals surface area (Å²) in [6.45, 7) is 5.80. The fourth-order valence-electron chi connectivity index (χ4n) is 3.32. The Hall–Kier alpha value is -2.70. The number of benzene rings is 2. The molecule has 26 heavy (non-hydrogen) atoms. The van der Waals surface area contributed by atoms with Gasteiger partial charge in [-0.3, -0.25) is 9.69 Å². The number of fused-ring (bicyclic) bond motifs is 1. The predicted octanol–water partition coefficient (Wildman–Crippen LogP) is 1.90. The summed E-state index contributed by atoms with van der Waals surface area (Å²) >= 11 is 0. The number of H-pyrrole nitrogens is 1. The average molecular weight is 349 g/mol. The SMILES string of the molecule is O=C(NCc1ccc(CN2CCNCC2)cc1)c1cccc2[nH]cnc12. The van der Waals surface area contributed by atoms with E-state index < -0.39 is 0 Å². The van der Waals surface area contributed by atoms with E-state index in [2.05, 4.69) is 49.8 Å². The van der Waals surface area contributed by atoms with Crippen molar-refractivity contribution < 1.29 is 4.79 Å². The van der Waals surface area contributed by atoms with Gasteiger partial charge in [-0.15, -0.1) is 0 Å². The smallest absolute Gasteiger partial charge is 0.253 e. The summed E-state index contributed by atoms with van der Waals surface area (Å²) in [5.74, 6) is -0.104. The van der Waals surface area contributed by atoms with Crippen LogP contribution in [0.25, 0.3) is 11.0 Å². The van der Waals surface area contributed by atoms with E-state index in [0.717, 1.165) is 43.8 Å². The van der Waals surface area contributed by atoms with Crippen molar-refractivity contribution in [3.63, 3.8) is 0 Å². The molecule has 4 rings (SSSR count). The first-order chi connectivity index (χ1) is 12.8. The molecule has 0 atom stereocenters. The molecule has 134 valence electrons. The number of nitrogens with zero attached hydrogens (tertiary/aromatic N) is 2. The Labute approximate surface area is 152 Å². The highest BCUT2D eigenvalue weighted by atomic mass is 16.1. The van der Waals surface area contributed by atoms with Gasteiger partial charge in [0.25, 0.3) is 5.91 Å². The molecule has 2 heterocycles. The maximum absolute atomic E-state index is 12.5. The summed E-state index contributed by atoms with van der Waals surface area (Å²) < 4.78 is 0. The second-order valence-electron chi connectivity index (χ2n) is 6.63. The molecule has 1 amide bonds. The molecule has 1 aliphatic heterocycles. The zero-order valence-corrected chi connectivity index (χ0v) is 14.7. The standard InChI is InChI=1S/C20H23N5O/c26-20(17-2-1-3-18-19(17)24-14-23-18)22-12-15-4-6-16(7-5-15)13-25-10-8-21-9-11-25/h1-7,14,21H,8-13H2,(H,22,26)(H,23,24). The van der Waals surface area contributed by atoms with Crippen molar-refractivity contribution in [2.45, 2.75) is 13.1 Å². The second-order valence-corrected chi connectivity index (χ2v) is 6.63. The van der Waals surface area contributed by atoms with Gasteiger partial charge >= 0.3 is 0 Å². The number of aromatic amines is 1. The first kappa shape index (κ1) is 16.8. The number of imidazole rings is 1. The molecule has 0 radical (unpaired) electrons. The molecule has 6 heteroatoms. The van der Waals surface area contributed by atoms with Crippen molar-refractivity contribution >= 4 is 16.9 Å². The third-order valence-corrected chi connectivity index (χ3v) is 4.79. The van der Waals surface area contributed by atoms with Crippen LogP contribution in [-0.4, -0.2) is 47.0 Å². The fraction of sp³-hybridized carbons (Fsp3) is 0.300. The lowest BCUT2D eigenvalue weighted by molar-refractivity contribution is 0.0952. The maximum Gasteiger partial charge on any atom is 0.253 e. The third-order valence-electron chi connectivity index (χ3n) is 4.79. The number of hydrogen-bond donors (Lipinski definition) is 3. The van der Waals surface area contributed by atoms with Gasteiger partial charge in [-0.2, -0.15) is 0 Å². The Kier molecular flexibility index (Phi) is 4.95. The lowest BCUT2D eigenvalue weighted by atomic mass is 10.1. The number of carbonyl (C=O) groups excluding carboxylic acids is 1. The van der Waals surface area contributed by atoms with Crippen LogP contribution >= 0.6 is 0 Å². The highest BCUT2D eigenvalue weighted by molar-refractivity contribution is 6.04. The van der Waals surface area contributed by atoms with Crippen LogP contribution < -0.4 is 10.6 Å². The third kappa shape index (κ3) is 3.76. The molecular formula is C20H23N5O. The van der Waals surface area contributed by atoms with Gasteiger partial charge < -0.3 is 15.6 Å². The van der Waals surface area contributed by atoms with Crippen LogP contribution in [0.3, 0.4) is 0 Å². The molecule has 0 aliphatic carbocycles. The number of aromatic nitrogens is 2. The second kappa shape index (κ2) is 7.68. The van der Waals surface area contributed by atoms with E-state index >= 15 is 0 Å². The minimum atomic E-state index is -0.104. The van der Waals surface area contributed by atoms with Crippen molar-refractivity contribution in [1.29, 1.82) is 0 Å². The van der Waals surface area contributed by atoms with E-state index in [4.69, 9.17) is 0 Å². The van der Waals surface area contributed by atoms with E-state index in [1.165, 1.54) is 5.56 Å². The summed E-state index contributed by atoms with van der Waals surface area (Å²) in [5, 5.41) is 6.36. The highest BCUT2D eigenvalue weighted by Gasteiger charge is 2.12. The fourth-order valence-corrected chi connectivity index (χ4v) is 3.32. The summed E-state index contributed by atoms with van der Waals surface area (Å²) in [6.07, 6.45) is 1.61. The number of carbonyl (C=O) groups is 1. The van der Waals surface area contributed by atoms with Gasteiger partial charge in [0.2, 0.25) is 0 Å². The summed E-state index contributed by atoms with van der Waals surface area (Å²) in [6, 6.07) is 14.1. The summed E-state index contributed by atoms with van der Waals surface area (Å²) in [5.41, 5.74) is 4.57. The minimum absolute atomic E-state index is 0.104. The van der Waals surface area contributed by atoms with E-state index in [0.29, 0.717) is 17.6 Å². The summed E-state index contributed by atoms with van der Waals surface area (Å²) in [7, 11) is 0. The molecule has 1 aromatic heterocycles. The zero-order chi connectivity index (χ0) is 17.8. The van der Waals surface area contributed by atoms with Crippen LogP contribution in [0, 0.1) is 0 Å². The minimum Gasteiger partial charge on any atom is -0.348 e. The van der Waals surface area contributed by atoms with Gasteiger partial charge in [0.05, 0.1) is 17.4 Å². The average Bonchev–Trinajstić information content (AvgIpc) is 3.17. The van der Waals surface area contributed by atoms with Crippen LogP contribution in [0.2, 0.25) is 0 Å². The van der Waals surface area contributed by atoms with Crippen LogP contribution in [0.5, 0.6) is 0 Å². The molecular weight excluding hydrogens is 326 g/mol. The lowest BCUT2D eigenvalue weighted by Gasteiger charge is -2.27. The zero-order valence-electron chi connectivity index (χ0n) is 14.7. The maximum atomic E-state index is 12.5. The Morgan fingerprint density at radius 3 is 2.65 bits per heavy atom. The van der Waals surface area contributed by atoms with Gasteiger partial charge in [-0.05, 0) is 23.3 Å². The van der Waals surface area contributed by atoms with Crippen molar-refractivity contribution in [2.75, 3.05) is 26.2 Å². The van der Waals surface area contributed by atoms with Gasteiger partial charge in [-0.25, -0.2) is 4.98 Å². The first-order valence-corrected chi connectivity index (χ1v) is 9.01. The number of nitrogens with one attached hydrogen (secondary N) is 3. The van der Waals surface area contributed by atoms with E-state index in [1.54, 1.807) is 12.4 Å². The predicted molar refractivity (Wildman–Crippen MR) is 102 cm³/mol. The molecule has 3 aromatic rings. The monoisotopic (exact) mass is 349 g/mol. The van der Waals surface area contributed by atoms with Gasteiger partial charge in [0.15, 0.2) is 0 Å². The highest BCUT2D eigenvalue weighted by Crippen LogP contribution is 2.15. The van der Waals surface area contributed by atoms with Gasteiger partial charge in [0.1, 0.15) is 5.52 Å². The molecule has 0 saturated carbocycles. The van der Waals surface area contributed by atoms with E-state index in [-0.39, 0.29) is 5.91 Å². The Bertz CT molecular complexity index is 881. The Morgan fingerprint density at radius 2 is 1.85 bits per heavy atom. The Balaban J connectivity index is 1.35. The molecule has 6 nitrogen and oxygen atoms in total. The molecule has 2 aromatic carbocycles. The Morgan fingerprint density at radius 1 is 1.08 bits per heavy atom. The van der Waals surface area contributed by atoms with Crippen molar-refractivity contribution in [3.8, 4) is 0 Å². The lowest BCUT2D eigenvalue weighted by Crippen LogP contribution is -2.42. The summed E-state index contributed by atoms with van der Waals surface area (Å²) in [4.78, 5) is 22.2. The number of piperazine rings is 1. The van der Waals surface area contributed by atoms with Crippen LogP contribution in [0.1, 0.15) is 21.5 Å². The van der Waals surface area contributed by atoms with Crippen LogP contribution in [0.4, 0.5) is 0 Å². The van der Waals surface area contributed by atoms with Gasteiger partial charge in [0, 0.05) is 39.3 Å².